The van der Waals surface area contributed by atoms with Crippen molar-refractivity contribution < 1.29 is 0 Å². The van der Waals surface area contributed by atoms with E-state index in [1.165, 1.54) is 17.1 Å². The van der Waals surface area contributed by atoms with Crippen LogP contribution in [0.2, 0.25) is 0 Å². The van der Waals surface area contributed by atoms with E-state index in [-0.39, 0.29) is 0 Å². The maximum absolute atomic E-state index is 3.83. The number of benzene rings is 1. The van der Waals surface area contributed by atoms with Gasteiger partial charge < -0.3 is 5.32 Å². The smallest absolute Gasteiger partial charge is 0.130 e. The van der Waals surface area contributed by atoms with Gasteiger partial charge in [-0.2, -0.15) is 0 Å². The standard InChI is InChI=1S/C11H13N3S/c1-2-10(9-6-4-3-5-7-9)13-11-8-12-14-15-11/h3-8,10,13H,2H2,1H3. The molecule has 0 saturated carbocycles. The summed E-state index contributed by atoms with van der Waals surface area (Å²) in [6.07, 6.45) is 2.80. The third-order valence-electron chi connectivity index (χ3n) is 2.29. The second kappa shape index (κ2) is 4.89. The number of anilines is 1. The van der Waals surface area contributed by atoms with Gasteiger partial charge in [-0.3, -0.25) is 0 Å². The van der Waals surface area contributed by atoms with Gasteiger partial charge in [-0.25, -0.2) is 0 Å². The SMILES string of the molecule is CCC(Nc1cnns1)c1ccccc1. The molecular weight excluding hydrogens is 206 g/mol. The van der Waals surface area contributed by atoms with Gasteiger partial charge in [0.15, 0.2) is 0 Å². The number of nitrogens with one attached hydrogen (secondary N) is 1. The van der Waals surface area contributed by atoms with Gasteiger partial charge in [0.05, 0.1) is 12.2 Å². The first-order valence-electron chi connectivity index (χ1n) is 4.99. The highest BCUT2D eigenvalue weighted by Crippen LogP contribution is 2.23. The molecule has 1 aromatic carbocycles. The number of rotatable bonds is 4. The van der Waals surface area contributed by atoms with Crippen molar-refractivity contribution >= 4 is 16.5 Å². The zero-order chi connectivity index (χ0) is 10.5. The lowest BCUT2D eigenvalue weighted by Gasteiger charge is -2.16. The monoisotopic (exact) mass is 219 g/mol. The van der Waals surface area contributed by atoms with Gasteiger partial charge in [-0.15, -0.1) is 5.10 Å². The Hall–Kier alpha value is -1.42. The van der Waals surface area contributed by atoms with Crippen molar-refractivity contribution in [2.45, 2.75) is 19.4 Å². The highest BCUT2D eigenvalue weighted by molar-refractivity contribution is 7.09. The topological polar surface area (TPSA) is 37.8 Å². The van der Waals surface area contributed by atoms with Crippen LogP contribution in [0.4, 0.5) is 5.00 Å². The summed E-state index contributed by atoms with van der Waals surface area (Å²) in [6.45, 7) is 2.17. The maximum Gasteiger partial charge on any atom is 0.130 e. The highest BCUT2D eigenvalue weighted by atomic mass is 32.1. The van der Waals surface area contributed by atoms with Crippen LogP contribution in [-0.4, -0.2) is 9.59 Å². The molecule has 1 atom stereocenters. The number of hydrogen-bond donors (Lipinski definition) is 1. The van der Waals surface area contributed by atoms with Crippen LogP contribution in [-0.2, 0) is 0 Å². The summed E-state index contributed by atoms with van der Waals surface area (Å²) in [5.74, 6) is 0. The van der Waals surface area contributed by atoms with Crippen LogP contribution < -0.4 is 5.32 Å². The first kappa shape index (κ1) is 10.1. The zero-order valence-corrected chi connectivity index (χ0v) is 9.37. The fourth-order valence-electron chi connectivity index (χ4n) is 1.51. The van der Waals surface area contributed by atoms with Gasteiger partial charge >= 0.3 is 0 Å². The summed E-state index contributed by atoms with van der Waals surface area (Å²) in [5.41, 5.74) is 1.30. The predicted octanol–water partition coefficient (Wildman–Crippen LogP) is 3.10. The Morgan fingerprint density at radius 3 is 2.73 bits per heavy atom. The molecule has 2 aromatic rings. The van der Waals surface area contributed by atoms with Crippen molar-refractivity contribution in [2.75, 3.05) is 5.32 Å². The molecule has 0 fully saturated rings. The molecule has 0 spiro atoms. The fraction of sp³-hybridized carbons (Fsp3) is 0.273. The van der Waals surface area contributed by atoms with E-state index in [4.69, 9.17) is 0 Å². The second-order valence-electron chi connectivity index (χ2n) is 3.30. The Kier molecular flexibility index (Phi) is 3.29. The summed E-state index contributed by atoms with van der Waals surface area (Å²) < 4.78 is 3.83. The van der Waals surface area contributed by atoms with Crippen molar-refractivity contribution in [1.82, 2.24) is 9.59 Å². The average Bonchev–Trinajstić information content (AvgIpc) is 2.80. The van der Waals surface area contributed by atoms with Crippen LogP contribution in [0.15, 0.2) is 36.5 Å². The number of aromatic nitrogens is 2. The van der Waals surface area contributed by atoms with E-state index in [1.807, 2.05) is 6.07 Å². The van der Waals surface area contributed by atoms with Crippen LogP contribution in [0.3, 0.4) is 0 Å². The van der Waals surface area contributed by atoms with Gasteiger partial charge in [0, 0.05) is 11.5 Å². The Balaban J connectivity index is 2.12. The lowest BCUT2D eigenvalue weighted by Crippen LogP contribution is -2.08. The van der Waals surface area contributed by atoms with Crippen LogP contribution in [0.25, 0.3) is 0 Å². The van der Waals surface area contributed by atoms with E-state index in [2.05, 4.69) is 46.1 Å². The van der Waals surface area contributed by atoms with Gasteiger partial charge in [0.25, 0.3) is 0 Å². The van der Waals surface area contributed by atoms with Crippen LogP contribution >= 0.6 is 11.5 Å². The quantitative estimate of drug-likeness (QED) is 0.858. The van der Waals surface area contributed by atoms with Crippen molar-refractivity contribution in [3.05, 3.63) is 42.1 Å². The Morgan fingerprint density at radius 1 is 1.33 bits per heavy atom. The molecule has 0 aliphatic rings. The Bertz CT molecular complexity index is 385. The first-order valence-corrected chi connectivity index (χ1v) is 5.76. The highest BCUT2D eigenvalue weighted by Gasteiger charge is 2.09. The molecule has 0 aliphatic heterocycles. The third-order valence-corrected chi connectivity index (χ3v) is 2.88. The van der Waals surface area contributed by atoms with E-state index in [0.29, 0.717) is 6.04 Å². The minimum atomic E-state index is 0.341. The third kappa shape index (κ3) is 2.53. The molecule has 0 bridgehead atoms. The molecule has 2 rings (SSSR count). The summed E-state index contributed by atoms with van der Waals surface area (Å²) in [4.78, 5) is 0. The average molecular weight is 219 g/mol. The maximum atomic E-state index is 3.83. The molecule has 78 valence electrons. The van der Waals surface area contributed by atoms with E-state index >= 15 is 0 Å². The van der Waals surface area contributed by atoms with E-state index in [1.54, 1.807) is 6.20 Å². The van der Waals surface area contributed by atoms with Crippen molar-refractivity contribution in [1.29, 1.82) is 0 Å². The molecule has 1 unspecified atom stereocenters. The molecular formula is C11H13N3S. The van der Waals surface area contributed by atoms with Crippen LogP contribution in [0.5, 0.6) is 0 Å². The molecule has 1 N–H and O–H groups in total. The molecule has 0 radical (unpaired) electrons. The molecule has 4 heteroatoms. The van der Waals surface area contributed by atoms with Crippen molar-refractivity contribution in [2.24, 2.45) is 0 Å². The lowest BCUT2D eigenvalue weighted by atomic mass is 10.1. The fourth-order valence-corrected chi connectivity index (χ4v) is 1.98. The largest absolute Gasteiger partial charge is 0.368 e. The van der Waals surface area contributed by atoms with E-state index in [9.17, 15) is 0 Å². The number of hydrogen-bond acceptors (Lipinski definition) is 4. The van der Waals surface area contributed by atoms with Crippen LogP contribution in [0.1, 0.15) is 24.9 Å². The Labute approximate surface area is 93.3 Å². The summed E-state index contributed by atoms with van der Waals surface area (Å²) >= 11 is 1.39. The van der Waals surface area contributed by atoms with Crippen LogP contribution in [0, 0.1) is 0 Å². The molecule has 1 heterocycles. The van der Waals surface area contributed by atoms with Crippen molar-refractivity contribution in [3.8, 4) is 0 Å². The first-order chi connectivity index (χ1) is 7.40. The van der Waals surface area contributed by atoms with Gasteiger partial charge in [-0.05, 0) is 12.0 Å². The molecule has 0 amide bonds. The van der Waals surface area contributed by atoms with E-state index in [0.717, 1.165) is 11.4 Å². The molecule has 0 saturated heterocycles. The minimum Gasteiger partial charge on any atom is -0.368 e. The van der Waals surface area contributed by atoms with E-state index < -0.39 is 0 Å². The minimum absolute atomic E-state index is 0.341. The van der Waals surface area contributed by atoms with Crippen molar-refractivity contribution in [3.63, 3.8) is 0 Å². The lowest BCUT2D eigenvalue weighted by molar-refractivity contribution is 0.751. The summed E-state index contributed by atoms with van der Waals surface area (Å²) in [7, 11) is 0. The normalized spacial score (nSPS) is 12.3. The Morgan fingerprint density at radius 2 is 2.13 bits per heavy atom. The van der Waals surface area contributed by atoms with Gasteiger partial charge in [0.2, 0.25) is 0 Å². The number of nitrogens with zero attached hydrogens (tertiary/aromatic N) is 2. The molecule has 1 aromatic heterocycles. The zero-order valence-electron chi connectivity index (χ0n) is 8.55. The summed E-state index contributed by atoms with van der Waals surface area (Å²) in [5, 5.41) is 8.25. The molecule has 0 aliphatic carbocycles. The second-order valence-corrected chi connectivity index (χ2v) is 4.08. The predicted molar refractivity (Wildman–Crippen MR) is 63.0 cm³/mol. The molecule has 3 nitrogen and oxygen atoms in total. The van der Waals surface area contributed by atoms with Gasteiger partial charge in [-0.1, -0.05) is 41.7 Å². The van der Waals surface area contributed by atoms with Gasteiger partial charge in [0.1, 0.15) is 5.00 Å². The summed E-state index contributed by atoms with van der Waals surface area (Å²) in [6, 6.07) is 10.8. The molecule has 15 heavy (non-hydrogen) atoms.